The number of carbonyl (C=O) groups is 1. The molecule has 8 heteroatoms. The number of aromatic nitrogens is 2. The highest BCUT2D eigenvalue weighted by Crippen LogP contribution is 2.25. The Labute approximate surface area is 180 Å². The number of ether oxygens (including phenoxy) is 1. The number of halogens is 1. The van der Waals surface area contributed by atoms with E-state index in [0.29, 0.717) is 16.1 Å². The van der Waals surface area contributed by atoms with E-state index in [4.69, 9.17) is 16.3 Å². The molecule has 1 aromatic heterocycles. The predicted octanol–water partition coefficient (Wildman–Crippen LogP) is 4.08. The van der Waals surface area contributed by atoms with Crippen LogP contribution < -0.4 is 15.4 Å². The first-order valence-electron chi connectivity index (χ1n) is 9.96. The van der Waals surface area contributed by atoms with E-state index >= 15 is 0 Å². The zero-order chi connectivity index (χ0) is 20.9. The SMILES string of the molecule is COc1nc2ccc(Cl)cc2nc1NC(=O)NC1CCN(Cc2ccccc2)CC1. The normalized spacial score (nSPS) is 15.1. The Bertz CT molecular complexity index is 1020. The molecule has 0 atom stereocenters. The van der Waals surface area contributed by atoms with Gasteiger partial charge in [-0.15, -0.1) is 0 Å². The summed E-state index contributed by atoms with van der Waals surface area (Å²) >= 11 is 6.04. The van der Waals surface area contributed by atoms with Crippen LogP contribution in [-0.2, 0) is 6.54 Å². The lowest BCUT2D eigenvalue weighted by atomic mass is 10.0. The predicted molar refractivity (Wildman–Crippen MR) is 118 cm³/mol. The standard InChI is InChI=1S/C22H24ClN5O2/c1-30-21-20(25-19-13-16(23)7-8-18(19)26-21)27-22(29)24-17-9-11-28(12-10-17)14-15-5-3-2-4-6-15/h2-8,13,17H,9-12,14H2,1H3,(H2,24,25,27,29). The van der Waals surface area contributed by atoms with E-state index in [1.807, 2.05) is 6.07 Å². The molecular weight excluding hydrogens is 402 g/mol. The first-order valence-corrected chi connectivity index (χ1v) is 10.3. The van der Waals surface area contributed by atoms with Gasteiger partial charge in [0.15, 0.2) is 5.82 Å². The molecule has 1 fully saturated rings. The van der Waals surface area contributed by atoms with E-state index < -0.39 is 0 Å². The van der Waals surface area contributed by atoms with Crippen molar-refractivity contribution in [3.05, 3.63) is 59.1 Å². The van der Waals surface area contributed by atoms with Crippen LogP contribution in [-0.4, -0.2) is 47.1 Å². The molecule has 0 aliphatic carbocycles. The molecule has 2 N–H and O–H groups in total. The van der Waals surface area contributed by atoms with E-state index in [1.165, 1.54) is 12.7 Å². The number of nitrogens with one attached hydrogen (secondary N) is 2. The highest BCUT2D eigenvalue weighted by molar-refractivity contribution is 6.31. The van der Waals surface area contributed by atoms with Crippen LogP contribution in [0.1, 0.15) is 18.4 Å². The summed E-state index contributed by atoms with van der Waals surface area (Å²) in [5, 5.41) is 6.36. The van der Waals surface area contributed by atoms with Gasteiger partial charge in [0.1, 0.15) is 0 Å². The highest BCUT2D eigenvalue weighted by Gasteiger charge is 2.21. The molecule has 2 heterocycles. The number of fused-ring (bicyclic) bond motifs is 1. The number of piperidine rings is 1. The number of urea groups is 1. The van der Waals surface area contributed by atoms with Crippen LogP contribution in [0, 0.1) is 0 Å². The van der Waals surface area contributed by atoms with Crippen molar-refractivity contribution in [3.8, 4) is 5.88 Å². The van der Waals surface area contributed by atoms with Gasteiger partial charge in [0.25, 0.3) is 5.88 Å². The fourth-order valence-electron chi connectivity index (χ4n) is 3.64. The Balaban J connectivity index is 1.34. The summed E-state index contributed by atoms with van der Waals surface area (Å²) in [6.07, 6.45) is 1.80. The van der Waals surface area contributed by atoms with Crippen LogP contribution in [0.15, 0.2) is 48.5 Å². The second-order valence-corrected chi connectivity index (χ2v) is 7.79. The average Bonchev–Trinajstić information content (AvgIpc) is 2.75. The molecule has 4 rings (SSSR count). The number of amides is 2. The van der Waals surface area contributed by atoms with Gasteiger partial charge in [0.2, 0.25) is 0 Å². The third-order valence-electron chi connectivity index (χ3n) is 5.19. The number of anilines is 1. The van der Waals surface area contributed by atoms with E-state index in [2.05, 4.69) is 49.8 Å². The number of hydrogen-bond donors (Lipinski definition) is 2. The Hall–Kier alpha value is -2.90. The topological polar surface area (TPSA) is 79.4 Å². The molecule has 3 aromatic rings. The van der Waals surface area contributed by atoms with Crippen molar-refractivity contribution < 1.29 is 9.53 Å². The van der Waals surface area contributed by atoms with Crippen LogP contribution in [0.3, 0.4) is 0 Å². The number of methoxy groups -OCH3 is 1. The molecule has 2 amide bonds. The molecule has 1 aliphatic heterocycles. The number of likely N-dealkylation sites (tertiary alicyclic amines) is 1. The van der Waals surface area contributed by atoms with Crippen molar-refractivity contribution in [3.63, 3.8) is 0 Å². The lowest BCUT2D eigenvalue weighted by Gasteiger charge is -2.32. The Morgan fingerprint density at radius 1 is 1.13 bits per heavy atom. The van der Waals surface area contributed by atoms with Crippen LogP contribution in [0.4, 0.5) is 10.6 Å². The van der Waals surface area contributed by atoms with Crippen molar-refractivity contribution in [2.45, 2.75) is 25.4 Å². The van der Waals surface area contributed by atoms with Gasteiger partial charge in [-0.2, -0.15) is 0 Å². The van der Waals surface area contributed by atoms with Crippen molar-refractivity contribution in [1.82, 2.24) is 20.2 Å². The van der Waals surface area contributed by atoms with Gasteiger partial charge in [0, 0.05) is 30.7 Å². The van der Waals surface area contributed by atoms with E-state index in [1.54, 1.807) is 18.2 Å². The number of benzene rings is 2. The van der Waals surface area contributed by atoms with Crippen LogP contribution in [0.25, 0.3) is 11.0 Å². The highest BCUT2D eigenvalue weighted by atomic mass is 35.5. The third-order valence-corrected chi connectivity index (χ3v) is 5.43. The van der Waals surface area contributed by atoms with Crippen molar-refractivity contribution >= 4 is 34.5 Å². The molecule has 156 valence electrons. The van der Waals surface area contributed by atoms with Gasteiger partial charge in [-0.05, 0) is 36.6 Å². The van der Waals surface area contributed by atoms with Gasteiger partial charge in [-0.3, -0.25) is 10.2 Å². The number of hydrogen-bond acceptors (Lipinski definition) is 5. The van der Waals surface area contributed by atoms with Crippen molar-refractivity contribution in [2.24, 2.45) is 0 Å². The summed E-state index contributed by atoms with van der Waals surface area (Å²) in [7, 11) is 1.50. The van der Waals surface area contributed by atoms with Crippen molar-refractivity contribution in [1.29, 1.82) is 0 Å². The number of nitrogens with zero attached hydrogens (tertiary/aromatic N) is 3. The zero-order valence-electron chi connectivity index (χ0n) is 16.8. The summed E-state index contributed by atoms with van der Waals surface area (Å²) in [6, 6.07) is 15.4. The summed E-state index contributed by atoms with van der Waals surface area (Å²) in [6.45, 7) is 2.82. The summed E-state index contributed by atoms with van der Waals surface area (Å²) in [5.74, 6) is 0.531. The Morgan fingerprint density at radius 3 is 2.63 bits per heavy atom. The van der Waals surface area contributed by atoms with Gasteiger partial charge in [-0.25, -0.2) is 14.8 Å². The lowest BCUT2D eigenvalue weighted by Crippen LogP contribution is -2.45. The summed E-state index contributed by atoms with van der Waals surface area (Å²) in [5.41, 5.74) is 2.55. The van der Waals surface area contributed by atoms with Gasteiger partial charge in [0.05, 0.1) is 18.1 Å². The molecule has 2 aromatic carbocycles. The van der Waals surface area contributed by atoms with Crippen LogP contribution >= 0.6 is 11.6 Å². The first kappa shape index (κ1) is 20.4. The fourth-order valence-corrected chi connectivity index (χ4v) is 3.81. The molecule has 0 spiro atoms. The Kier molecular flexibility index (Phi) is 6.30. The van der Waals surface area contributed by atoms with Crippen LogP contribution in [0.5, 0.6) is 5.88 Å². The molecule has 1 saturated heterocycles. The quantitative estimate of drug-likeness (QED) is 0.644. The molecule has 0 radical (unpaired) electrons. The zero-order valence-corrected chi connectivity index (χ0v) is 17.5. The molecule has 1 aliphatic rings. The molecule has 7 nitrogen and oxygen atoms in total. The third kappa shape index (κ3) is 4.98. The smallest absolute Gasteiger partial charge is 0.320 e. The molecule has 0 bridgehead atoms. The molecule has 0 saturated carbocycles. The monoisotopic (exact) mass is 425 g/mol. The number of carbonyl (C=O) groups excluding carboxylic acids is 1. The van der Waals surface area contributed by atoms with Gasteiger partial charge in [-0.1, -0.05) is 41.9 Å². The first-order chi connectivity index (χ1) is 14.6. The van der Waals surface area contributed by atoms with E-state index in [9.17, 15) is 4.79 Å². The van der Waals surface area contributed by atoms with Crippen molar-refractivity contribution in [2.75, 3.05) is 25.5 Å². The second kappa shape index (κ2) is 9.28. The second-order valence-electron chi connectivity index (χ2n) is 7.35. The summed E-state index contributed by atoms with van der Waals surface area (Å²) < 4.78 is 5.29. The minimum Gasteiger partial charge on any atom is -0.478 e. The summed E-state index contributed by atoms with van der Waals surface area (Å²) in [4.78, 5) is 23.8. The van der Waals surface area contributed by atoms with E-state index in [-0.39, 0.29) is 23.8 Å². The minimum atomic E-state index is -0.314. The number of rotatable bonds is 5. The molecule has 0 unspecified atom stereocenters. The largest absolute Gasteiger partial charge is 0.478 e. The maximum atomic E-state index is 12.5. The van der Waals surface area contributed by atoms with E-state index in [0.717, 1.165) is 32.5 Å². The maximum Gasteiger partial charge on any atom is 0.320 e. The fraction of sp³-hybridized carbons (Fsp3) is 0.318. The average molecular weight is 426 g/mol. The Morgan fingerprint density at radius 2 is 1.90 bits per heavy atom. The van der Waals surface area contributed by atoms with Gasteiger partial charge >= 0.3 is 6.03 Å². The molecular formula is C22H24ClN5O2. The van der Waals surface area contributed by atoms with Gasteiger partial charge < -0.3 is 10.1 Å². The molecule has 30 heavy (non-hydrogen) atoms. The lowest BCUT2D eigenvalue weighted by molar-refractivity contribution is 0.190. The minimum absolute atomic E-state index is 0.117. The maximum absolute atomic E-state index is 12.5. The van der Waals surface area contributed by atoms with Crippen LogP contribution in [0.2, 0.25) is 5.02 Å².